The number of hydrogen-bond acceptors (Lipinski definition) is 4. The molecule has 0 aliphatic carbocycles. The lowest BCUT2D eigenvalue weighted by Gasteiger charge is -2.18. The van der Waals surface area contributed by atoms with Gasteiger partial charge < -0.3 is 21.3 Å². The number of nitrogens with two attached hydrogens (primary N) is 1. The zero-order chi connectivity index (χ0) is 14.6. The maximum atomic E-state index is 11.9. The molecule has 0 aliphatic rings. The Hall–Kier alpha value is -2.08. The molecule has 0 fully saturated rings. The van der Waals surface area contributed by atoms with Crippen LogP contribution in [0.15, 0.2) is 18.2 Å². The fourth-order valence-corrected chi connectivity index (χ4v) is 1.50. The summed E-state index contributed by atoms with van der Waals surface area (Å²) in [7, 11) is 0. The number of benzene rings is 1. The highest BCUT2D eigenvalue weighted by Crippen LogP contribution is 2.24. The Morgan fingerprint density at radius 1 is 1.42 bits per heavy atom. The quantitative estimate of drug-likeness (QED) is 0.602. The van der Waals surface area contributed by atoms with Crippen molar-refractivity contribution >= 4 is 17.6 Å². The standard InChI is InChI=1S/C13H18N2O4/c1-3-7(2)11(14)12(17)15-9-6-8(13(18)19)4-5-10(9)16/h4-7,11,16H,3,14H2,1-2H3,(H,15,17)(H,18,19)/t7?,11-/m0/s1. The molecule has 1 aromatic carbocycles. The molecule has 0 saturated heterocycles. The minimum absolute atomic E-state index is 0.00945. The van der Waals surface area contributed by atoms with Gasteiger partial charge >= 0.3 is 5.97 Å². The smallest absolute Gasteiger partial charge is 0.335 e. The van der Waals surface area contributed by atoms with Gasteiger partial charge in [-0.15, -0.1) is 0 Å². The Labute approximate surface area is 111 Å². The van der Waals surface area contributed by atoms with Gasteiger partial charge in [-0.05, 0) is 24.1 Å². The molecule has 0 heterocycles. The summed E-state index contributed by atoms with van der Waals surface area (Å²) in [5, 5.41) is 20.9. The van der Waals surface area contributed by atoms with Crippen molar-refractivity contribution in [3.05, 3.63) is 23.8 Å². The van der Waals surface area contributed by atoms with Crippen molar-refractivity contribution < 1.29 is 19.8 Å². The van der Waals surface area contributed by atoms with Gasteiger partial charge in [-0.1, -0.05) is 20.3 Å². The first kappa shape index (κ1) is 15.0. The number of carboxylic acid groups (broad SMARTS) is 1. The monoisotopic (exact) mass is 266 g/mol. The first-order valence-corrected chi connectivity index (χ1v) is 5.99. The predicted octanol–water partition coefficient (Wildman–Crippen LogP) is 1.40. The van der Waals surface area contributed by atoms with Crippen LogP contribution in [-0.4, -0.2) is 28.1 Å². The van der Waals surface area contributed by atoms with Crippen LogP contribution in [0.1, 0.15) is 30.6 Å². The van der Waals surface area contributed by atoms with Crippen LogP contribution < -0.4 is 11.1 Å². The summed E-state index contributed by atoms with van der Waals surface area (Å²) in [6, 6.07) is 2.95. The number of aromatic hydroxyl groups is 1. The van der Waals surface area contributed by atoms with E-state index in [0.29, 0.717) is 0 Å². The van der Waals surface area contributed by atoms with E-state index in [2.05, 4.69) is 5.32 Å². The van der Waals surface area contributed by atoms with E-state index in [1.165, 1.54) is 18.2 Å². The van der Waals surface area contributed by atoms with Crippen LogP contribution in [0.4, 0.5) is 5.69 Å². The van der Waals surface area contributed by atoms with Gasteiger partial charge in [0.05, 0.1) is 17.3 Å². The number of hydrogen-bond donors (Lipinski definition) is 4. The molecule has 1 rings (SSSR count). The predicted molar refractivity (Wildman–Crippen MR) is 71.1 cm³/mol. The molecule has 1 amide bonds. The number of carbonyl (C=O) groups is 2. The average molecular weight is 266 g/mol. The Kier molecular flexibility index (Phi) is 4.88. The van der Waals surface area contributed by atoms with Crippen LogP contribution in [0.25, 0.3) is 0 Å². The molecule has 6 nitrogen and oxygen atoms in total. The largest absolute Gasteiger partial charge is 0.506 e. The topological polar surface area (TPSA) is 113 Å². The summed E-state index contributed by atoms with van der Waals surface area (Å²) < 4.78 is 0. The maximum absolute atomic E-state index is 11.9. The van der Waals surface area contributed by atoms with Gasteiger partial charge in [-0.25, -0.2) is 4.79 Å². The van der Waals surface area contributed by atoms with Crippen LogP contribution in [0.2, 0.25) is 0 Å². The van der Waals surface area contributed by atoms with Gasteiger partial charge in [0.15, 0.2) is 0 Å². The highest BCUT2D eigenvalue weighted by atomic mass is 16.4. The van der Waals surface area contributed by atoms with Crippen LogP contribution >= 0.6 is 0 Å². The second-order valence-electron chi connectivity index (χ2n) is 4.44. The molecule has 6 heteroatoms. The van der Waals surface area contributed by atoms with Crippen molar-refractivity contribution in [3.63, 3.8) is 0 Å². The number of nitrogens with one attached hydrogen (secondary N) is 1. The highest BCUT2D eigenvalue weighted by Gasteiger charge is 2.20. The molecular formula is C13H18N2O4. The minimum atomic E-state index is -1.14. The summed E-state index contributed by atoms with van der Waals surface area (Å²) in [6.45, 7) is 3.76. The number of aromatic carboxylic acids is 1. The first-order valence-electron chi connectivity index (χ1n) is 5.99. The maximum Gasteiger partial charge on any atom is 0.335 e. The van der Waals surface area contributed by atoms with Gasteiger partial charge in [0.1, 0.15) is 5.75 Å². The third-order valence-corrected chi connectivity index (χ3v) is 3.06. The molecule has 0 aliphatic heterocycles. The van der Waals surface area contributed by atoms with Crippen molar-refractivity contribution in [1.29, 1.82) is 0 Å². The molecule has 0 aromatic heterocycles. The Bertz CT molecular complexity index is 488. The van der Waals surface area contributed by atoms with Crippen molar-refractivity contribution in [1.82, 2.24) is 0 Å². The lowest BCUT2D eigenvalue weighted by Crippen LogP contribution is -2.40. The number of amides is 1. The van der Waals surface area contributed by atoms with E-state index < -0.39 is 17.9 Å². The van der Waals surface area contributed by atoms with Crippen LogP contribution in [0.5, 0.6) is 5.75 Å². The summed E-state index contributed by atoms with van der Waals surface area (Å²) >= 11 is 0. The number of carbonyl (C=O) groups excluding carboxylic acids is 1. The van der Waals surface area contributed by atoms with Gasteiger partial charge in [-0.2, -0.15) is 0 Å². The molecule has 104 valence electrons. The molecule has 1 unspecified atom stereocenters. The van der Waals surface area contributed by atoms with E-state index in [1.54, 1.807) is 0 Å². The minimum Gasteiger partial charge on any atom is -0.506 e. The second-order valence-corrected chi connectivity index (χ2v) is 4.44. The fraction of sp³-hybridized carbons (Fsp3) is 0.385. The molecule has 1 aromatic rings. The van der Waals surface area contributed by atoms with Gasteiger partial charge in [0.25, 0.3) is 0 Å². The zero-order valence-electron chi connectivity index (χ0n) is 10.9. The molecule has 0 radical (unpaired) electrons. The second kappa shape index (κ2) is 6.19. The van der Waals surface area contributed by atoms with Crippen LogP contribution in [-0.2, 0) is 4.79 Å². The van der Waals surface area contributed by atoms with E-state index in [0.717, 1.165) is 6.42 Å². The Morgan fingerprint density at radius 3 is 2.58 bits per heavy atom. The first-order chi connectivity index (χ1) is 8.86. The molecule has 2 atom stereocenters. The van der Waals surface area contributed by atoms with Gasteiger partial charge in [0.2, 0.25) is 5.91 Å². The van der Waals surface area contributed by atoms with Crippen LogP contribution in [0.3, 0.4) is 0 Å². The Morgan fingerprint density at radius 2 is 2.05 bits per heavy atom. The fourth-order valence-electron chi connectivity index (χ4n) is 1.50. The summed E-state index contributed by atoms with van der Waals surface area (Å²) in [5.74, 6) is -1.80. The lowest BCUT2D eigenvalue weighted by molar-refractivity contribution is -0.118. The SMILES string of the molecule is CCC(C)[C@H](N)C(=O)Nc1cc(C(=O)O)ccc1O. The molecule has 0 spiro atoms. The molecule has 0 saturated carbocycles. The third-order valence-electron chi connectivity index (χ3n) is 3.06. The zero-order valence-corrected chi connectivity index (χ0v) is 10.9. The molecule has 19 heavy (non-hydrogen) atoms. The number of phenolic OH excluding ortho intramolecular Hbond substituents is 1. The number of phenols is 1. The summed E-state index contributed by atoms with van der Waals surface area (Å²) in [5.41, 5.74) is 5.78. The van der Waals surface area contributed by atoms with E-state index in [4.69, 9.17) is 10.8 Å². The van der Waals surface area contributed by atoms with Crippen molar-refractivity contribution in [3.8, 4) is 5.75 Å². The number of rotatable bonds is 5. The normalized spacial score (nSPS) is 13.6. The van der Waals surface area contributed by atoms with Crippen molar-refractivity contribution in [2.45, 2.75) is 26.3 Å². The van der Waals surface area contributed by atoms with E-state index in [1.807, 2.05) is 13.8 Å². The number of anilines is 1. The van der Waals surface area contributed by atoms with E-state index in [-0.39, 0.29) is 22.9 Å². The van der Waals surface area contributed by atoms with Crippen molar-refractivity contribution in [2.24, 2.45) is 11.7 Å². The molecule has 5 N–H and O–H groups in total. The van der Waals surface area contributed by atoms with Crippen molar-refractivity contribution in [2.75, 3.05) is 5.32 Å². The van der Waals surface area contributed by atoms with Gasteiger partial charge in [-0.3, -0.25) is 4.79 Å². The molecular weight excluding hydrogens is 248 g/mol. The summed E-state index contributed by atoms with van der Waals surface area (Å²) in [4.78, 5) is 22.7. The summed E-state index contributed by atoms with van der Waals surface area (Å²) in [6.07, 6.45) is 0.746. The number of carboxylic acids is 1. The van der Waals surface area contributed by atoms with Crippen LogP contribution in [0, 0.1) is 5.92 Å². The third kappa shape index (κ3) is 3.69. The average Bonchev–Trinajstić information content (AvgIpc) is 2.38. The van der Waals surface area contributed by atoms with E-state index >= 15 is 0 Å². The molecule has 0 bridgehead atoms. The lowest BCUT2D eigenvalue weighted by atomic mass is 9.99. The highest BCUT2D eigenvalue weighted by molar-refractivity contribution is 5.98. The van der Waals surface area contributed by atoms with E-state index in [9.17, 15) is 14.7 Å². The Balaban J connectivity index is 2.90. The van der Waals surface area contributed by atoms with Gasteiger partial charge in [0, 0.05) is 0 Å².